The topological polar surface area (TPSA) is 92.8 Å². The molecule has 2 aliphatic heterocycles. The second-order valence-corrected chi connectivity index (χ2v) is 8.42. The molecule has 2 heterocycles. The lowest BCUT2D eigenvalue weighted by Crippen LogP contribution is -2.33. The van der Waals surface area contributed by atoms with Crippen molar-refractivity contribution in [1.29, 1.82) is 0 Å². The molecule has 0 aromatic heterocycles. The lowest BCUT2D eigenvalue weighted by Gasteiger charge is -2.16. The van der Waals surface area contributed by atoms with Gasteiger partial charge in [0.2, 0.25) is 5.91 Å². The Morgan fingerprint density at radius 3 is 2.64 bits per heavy atom. The number of ether oxygens (including phenoxy) is 1. The lowest BCUT2D eigenvalue weighted by molar-refractivity contribution is -0.119. The predicted octanol–water partition coefficient (Wildman–Crippen LogP) is 1.35. The Morgan fingerprint density at radius 1 is 1.32 bits per heavy atom. The Kier molecular flexibility index (Phi) is 4.80. The highest BCUT2D eigenvalue weighted by atomic mass is 32.2. The van der Waals surface area contributed by atoms with Crippen molar-refractivity contribution in [3.63, 3.8) is 0 Å². The lowest BCUT2D eigenvalue weighted by atomic mass is 10.0. The van der Waals surface area contributed by atoms with Crippen LogP contribution in [0.1, 0.15) is 18.9 Å². The molecule has 0 spiro atoms. The number of benzene rings is 1. The van der Waals surface area contributed by atoms with E-state index in [1.807, 2.05) is 24.3 Å². The highest BCUT2D eigenvalue weighted by molar-refractivity contribution is 7.91. The van der Waals surface area contributed by atoms with Crippen molar-refractivity contribution in [3.8, 4) is 0 Å². The van der Waals surface area contributed by atoms with Gasteiger partial charge in [-0.15, -0.1) is 0 Å². The molecular weight excluding hydrogens is 344 g/mol. The van der Waals surface area contributed by atoms with Crippen molar-refractivity contribution in [3.05, 3.63) is 35.9 Å². The highest BCUT2D eigenvalue weighted by Crippen LogP contribution is 2.27. The predicted molar refractivity (Wildman–Crippen MR) is 94.0 cm³/mol. The SMILES string of the molecule is CC(=O)NC[C@H]1CN(c2ccc(C3=CCS(=O)(=O)CC3)cc2)C(=O)O1. The second-order valence-electron chi connectivity index (χ2n) is 6.19. The van der Waals surface area contributed by atoms with Crippen molar-refractivity contribution >= 4 is 33.1 Å². The van der Waals surface area contributed by atoms with Gasteiger partial charge in [-0.3, -0.25) is 9.69 Å². The standard InChI is InChI=1S/C17H20N2O5S/c1-12(20)18-10-16-11-19(17(21)24-16)15-4-2-13(3-5-15)14-6-8-25(22,23)9-7-14/h2-6,16H,7-11H2,1H3,(H,18,20)/t16-/m0/s1. The van der Waals surface area contributed by atoms with Crippen LogP contribution < -0.4 is 10.2 Å². The second kappa shape index (κ2) is 6.87. The Balaban J connectivity index is 1.67. The summed E-state index contributed by atoms with van der Waals surface area (Å²) in [5.41, 5.74) is 2.68. The van der Waals surface area contributed by atoms with Crippen LogP contribution >= 0.6 is 0 Å². The van der Waals surface area contributed by atoms with Crippen LogP contribution in [0.2, 0.25) is 0 Å². The summed E-state index contributed by atoms with van der Waals surface area (Å²) in [5.74, 6) is 0.0821. The molecule has 8 heteroatoms. The van der Waals surface area contributed by atoms with Gasteiger partial charge in [0.05, 0.1) is 24.6 Å². The van der Waals surface area contributed by atoms with E-state index in [-0.39, 0.29) is 30.1 Å². The van der Waals surface area contributed by atoms with E-state index in [1.165, 1.54) is 11.8 Å². The first-order valence-electron chi connectivity index (χ1n) is 8.06. The zero-order valence-electron chi connectivity index (χ0n) is 13.9. The molecule has 1 aromatic carbocycles. The molecule has 0 aliphatic carbocycles. The van der Waals surface area contributed by atoms with Crippen LogP contribution in [0, 0.1) is 0 Å². The fraction of sp³-hybridized carbons (Fsp3) is 0.412. The van der Waals surface area contributed by atoms with Gasteiger partial charge in [0.15, 0.2) is 9.84 Å². The highest BCUT2D eigenvalue weighted by Gasteiger charge is 2.32. The number of cyclic esters (lactones) is 1. The molecular formula is C17H20N2O5S. The summed E-state index contributed by atoms with van der Waals surface area (Å²) in [5, 5.41) is 2.64. The van der Waals surface area contributed by atoms with E-state index in [1.54, 1.807) is 6.08 Å². The van der Waals surface area contributed by atoms with Gasteiger partial charge in [-0.25, -0.2) is 13.2 Å². The minimum Gasteiger partial charge on any atom is -0.442 e. The molecule has 1 N–H and O–H groups in total. The molecule has 1 fully saturated rings. The average molecular weight is 364 g/mol. The normalized spacial score (nSPS) is 22.3. The molecule has 134 valence electrons. The number of amides is 2. The van der Waals surface area contributed by atoms with Gasteiger partial charge in [-0.2, -0.15) is 0 Å². The van der Waals surface area contributed by atoms with Gasteiger partial charge in [0, 0.05) is 12.6 Å². The van der Waals surface area contributed by atoms with Crippen LogP contribution in [-0.4, -0.2) is 51.1 Å². The molecule has 0 saturated carbocycles. The zero-order chi connectivity index (χ0) is 18.0. The van der Waals surface area contributed by atoms with Crippen molar-refractivity contribution in [2.45, 2.75) is 19.4 Å². The van der Waals surface area contributed by atoms with E-state index < -0.39 is 15.9 Å². The largest absolute Gasteiger partial charge is 0.442 e. The summed E-state index contributed by atoms with van der Waals surface area (Å²) < 4.78 is 28.2. The van der Waals surface area contributed by atoms with Crippen LogP contribution in [0.25, 0.3) is 5.57 Å². The number of hydrogen-bond acceptors (Lipinski definition) is 5. The fourth-order valence-electron chi connectivity index (χ4n) is 2.89. The molecule has 0 unspecified atom stereocenters. The molecule has 0 radical (unpaired) electrons. The summed E-state index contributed by atoms with van der Waals surface area (Å²) in [6.45, 7) is 2.08. The molecule has 2 aliphatic rings. The maximum Gasteiger partial charge on any atom is 0.414 e. The summed E-state index contributed by atoms with van der Waals surface area (Å²) in [6.07, 6.45) is 1.45. The van der Waals surface area contributed by atoms with Crippen LogP contribution in [0.15, 0.2) is 30.3 Å². The van der Waals surface area contributed by atoms with Gasteiger partial charge < -0.3 is 10.1 Å². The van der Waals surface area contributed by atoms with E-state index >= 15 is 0 Å². The minimum atomic E-state index is -2.95. The number of hydrogen-bond donors (Lipinski definition) is 1. The Hall–Kier alpha value is -2.35. The van der Waals surface area contributed by atoms with Crippen molar-refractivity contribution < 1.29 is 22.7 Å². The van der Waals surface area contributed by atoms with Gasteiger partial charge in [0.25, 0.3) is 0 Å². The van der Waals surface area contributed by atoms with E-state index in [2.05, 4.69) is 5.32 Å². The van der Waals surface area contributed by atoms with E-state index in [0.29, 0.717) is 18.7 Å². The summed E-state index contributed by atoms with van der Waals surface area (Å²) in [6, 6.07) is 7.41. The van der Waals surface area contributed by atoms with Crippen LogP contribution in [0.5, 0.6) is 0 Å². The van der Waals surface area contributed by atoms with Crippen molar-refractivity contribution in [2.75, 3.05) is 29.5 Å². The number of carbonyl (C=O) groups excluding carboxylic acids is 2. The smallest absolute Gasteiger partial charge is 0.414 e. The Morgan fingerprint density at radius 2 is 2.04 bits per heavy atom. The van der Waals surface area contributed by atoms with Gasteiger partial charge in [-0.05, 0) is 29.7 Å². The fourth-order valence-corrected chi connectivity index (χ4v) is 4.04. The molecule has 0 bridgehead atoms. The van der Waals surface area contributed by atoms with Crippen molar-refractivity contribution in [2.24, 2.45) is 0 Å². The number of sulfone groups is 1. The van der Waals surface area contributed by atoms with Crippen LogP contribution in [0.4, 0.5) is 10.5 Å². The molecule has 1 saturated heterocycles. The van der Waals surface area contributed by atoms with E-state index in [4.69, 9.17) is 4.74 Å². The first-order chi connectivity index (χ1) is 11.8. The van der Waals surface area contributed by atoms with E-state index in [9.17, 15) is 18.0 Å². The number of rotatable bonds is 4. The Bertz CT molecular complexity index is 814. The monoisotopic (exact) mass is 364 g/mol. The molecule has 1 atom stereocenters. The number of nitrogens with zero attached hydrogens (tertiary/aromatic N) is 1. The van der Waals surface area contributed by atoms with Crippen LogP contribution in [-0.2, 0) is 19.4 Å². The average Bonchev–Trinajstić information content (AvgIpc) is 2.94. The third-order valence-corrected chi connectivity index (χ3v) is 5.77. The summed E-state index contributed by atoms with van der Waals surface area (Å²) >= 11 is 0. The van der Waals surface area contributed by atoms with Crippen LogP contribution in [0.3, 0.4) is 0 Å². The van der Waals surface area contributed by atoms with Gasteiger partial charge in [0.1, 0.15) is 6.10 Å². The maximum absolute atomic E-state index is 12.0. The van der Waals surface area contributed by atoms with Crippen molar-refractivity contribution in [1.82, 2.24) is 5.32 Å². The quantitative estimate of drug-likeness (QED) is 0.871. The molecule has 1 aromatic rings. The number of anilines is 1. The number of carbonyl (C=O) groups is 2. The third-order valence-electron chi connectivity index (χ3n) is 4.27. The summed E-state index contributed by atoms with van der Waals surface area (Å²) in [7, 11) is -2.95. The van der Waals surface area contributed by atoms with E-state index in [0.717, 1.165) is 11.1 Å². The first-order valence-corrected chi connectivity index (χ1v) is 9.89. The minimum absolute atomic E-state index is 0.0768. The first kappa shape index (κ1) is 17.5. The molecule has 7 nitrogen and oxygen atoms in total. The Labute approximate surface area is 146 Å². The zero-order valence-corrected chi connectivity index (χ0v) is 14.7. The van der Waals surface area contributed by atoms with Gasteiger partial charge >= 0.3 is 6.09 Å². The van der Waals surface area contributed by atoms with Gasteiger partial charge in [-0.1, -0.05) is 18.2 Å². The number of allylic oxidation sites excluding steroid dienone is 1. The molecule has 2 amide bonds. The number of nitrogens with one attached hydrogen (secondary N) is 1. The summed E-state index contributed by atoms with van der Waals surface area (Å²) in [4.78, 5) is 24.5. The molecule has 3 rings (SSSR count). The molecule has 25 heavy (non-hydrogen) atoms. The maximum atomic E-state index is 12.0. The third kappa shape index (κ3) is 4.19.